The van der Waals surface area contributed by atoms with Crippen LogP contribution in [0, 0.1) is 0 Å². The Morgan fingerprint density at radius 1 is 0.696 bits per heavy atom. The first kappa shape index (κ1) is 14.1. The fraction of sp³-hybridized carbons (Fsp3) is 0.111. The minimum Gasteiger partial charge on any atom is -0.372 e. The van der Waals surface area contributed by atoms with E-state index in [1.54, 1.807) is 22.7 Å². The molecule has 0 aromatic carbocycles. The number of thiophene rings is 4. The number of ether oxygens (including phenoxy) is 1. The quantitative estimate of drug-likeness (QED) is 0.369. The first-order valence-corrected chi connectivity index (χ1v) is 10.7. The second kappa shape index (κ2) is 5.69. The van der Waals surface area contributed by atoms with Crippen LogP contribution in [0.25, 0.3) is 29.3 Å². The van der Waals surface area contributed by atoms with E-state index in [-0.39, 0.29) is 0 Å². The maximum absolute atomic E-state index is 5.93. The Morgan fingerprint density at radius 2 is 1.22 bits per heavy atom. The maximum atomic E-state index is 5.93. The van der Waals surface area contributed by atoms with E-state index in [1.807, 2.05) is 22.7 Å². The van der Waals surface area contributed by atoms with Crippen LogP contribution in [0.15, 0.2) is 47.2 Å². The normalized spacial score (nSPS) is 13.6. The molecule has 1 aliphatic heterocycles. The summed E-state index contributed by atoms with van der Waals surface area (Å²) in [5.41, 5.74) is 2.66. The van der Waals surface area contributed by atoms with Crippen molar-refractivity contribution in [3.63, 3.8) is 0 Å². The standard InChI is InChI=1S/C18H12OS4/c1-3-13(20-5-1)15-7-11-9-19-10-12-8-16(14-4-2-6-21-14)23-18(12)17(11)22-15/h1-8H,9-10H2. The van der Waals surface area contributed by atoms with Crippen molar-refractivity contribution in [3.8, 4) is 29.3 Å². The lowest BCUT2D eigenvalue weighted by Crippen LogP contribution is -1.88. The van der Waals surface area contributed by atoms with Gasteiger partial charge in [-0.2, -0.15) is 0 Å². The SMILES string of the molecule is c1csc(-c2cc3c(s2)-c2sc(-c4cccs4)cc2COC3)c1. The zero-order chi connectivity index (χ0) is 15.2. The van der Waals surface area contributed by atoms with Crippen molar-refractivity contribution in [3.05, 3.63) is 58.3 Å². The Balaban J connectivity index is 1.66. The average molecular weight is 373 g/mol. The lowest BCUT2D eigenvalue weighted by Gasteiger charge is -1.97. The van der Waals surface area contributed by atoms with E-state index < -0.39 is 0 Å². The van der Waals surface area contributed by atoms with Crippen molar-refractivity contribution in [1.82, 2.24) is 0 Å². The van der Waals surface area contributed by atoms with Gasteiger partial charge in [-0.05, 0) is 46.2 Å². The lowest BCUT2D eigenvalue weighted by atomic mass is 10.2. The smallest absolute Gasteiger partial charge is 0.0736 e. The van der Waals surface area contributed by atoms with Gasteiger partial charge in [-0.25, -0.2) is 0 Å². The van der Waals surface area contributed by atoms with Gasteiger partial charge in [0, 0.05) is 19.5 Å². The van der Waals surface area contributed by atoms with Gasteiger partial charge in [0.25, 0.3) is 0 Å². The number of fused-ring (bicyclic) bond motifs is 3. The van der Waals surface area contributed by atoms with Gasteiger partial charge in [0.15, 0.2) is 0 Å². The van der Waals surface area contributed by atoms with Crippen molar-refractivity contribution in [2.45, 2.75) is 13.2 Å². The third-order valence-corrected chi connectivity index (χ3v) is 8.52. The number of rotatable bonds is 2. The van der Waals surface area contributed by atoms with Crippen molar-refractivity contribution in [2.75, 3.05) is 0 Å². The summed E-state index contributed by atoms with van der Waals surface area (Å²) in [5.74, 6) is 0. The Bertz CT molecular complexity index is 863. The predicted octanol–water partition coefficient (Wildman–Crippen LogP) is 6.96. The van der Waals surface area contributed by atoms with E-state index in [9.17, 15) is 0 Å². The second-order valence-corrected chi connectivity index (χ2v) is 9.38. The molecule has 0 saturated carbocycles. The van der Waals surface area contributed by atoms with Gasteiger partial charge in [-0.15, -0.1) is 45.3 Å². The van der Waals surface area contributed by atoms with Gasteiger partial charge in [0.1, 0.15) is 0 Å². The maximum Gasteiger partial charge on any atom is 0.0736 e. The van der Waals surface area contributed by atoms with Crippen molar-refractivity contribution in [2.24, 2.45) is 0 Å². The Kier molecular flexibility index (Phi) is 3.49. The van der Waals surface area contributed by atoms with Gasteiger partial charge in [-0.1, -0.05) is 12.1 Å². The molecule has 0 fully saturated rings. The molecule has 114 valence electrons. The summed E-state index contributed by atoms with van der Waals surface area (Å²) in [6, 6.07) is 13.3. The van der Waals surface area contributed by atoms with E-state index in [0.29, 0.717) is 13.2 Å². The molecule has 1 aliphatic rings. The van der Waals surface area contributed by atoms with Crippen LogP contribution in [0.1, 0.15) is 11.1 Å². The molecule has 0 bridgehead atoms. The second-order valence-electron chi connectivity index (χ2n) is 5.38. The molecule has 0 saturated heterocycles. The Morgan fingerprint density at radius 3 is 1.65 bits per heavy atom. The summed E-state index contributed by atoms with van der Waals surface area (Å²) < 4.78 is 5.93. The van der Waals surface area contributed by atoms with Crippen LogP contribution in [0.2, 0.25) is 0 Å². The molecule has 0 N–H and O–H groups in total. The fourth-order valence-electron chi connectivity index (χ4n) is 2.81. The molecule has 23 heavy (non-hydrogen) atoms. The van der Waals surface area contributed by atoms with E-state index in [2.05, 4.69) is 47.2 Å². The predicted molar refractivity (Wildman–Crippen MR) is 103 cm³/mol. The molecule has 0 aliphatic carbocycles. The first-order valence-electron chi connectivity index (χ1n) is 7.30. The van der Waals surface area contributed by atoms with E-state index in [4.69, 9.17) is 4.74 Å². The number of hydrogen-bond acceptors (Lipinski definition) is 5. The highest BCUT2D eigenvalue weighted by molar-refractivity contribution is 7.28. The summed E-state index contributed by atoms with van der Waals surface area (Å²) in [6.07, 6.45) is 0. The molecular formula is C18H12OS4. The first-order chi connectivity index (χ1) is 11.4. The highest BCUT2D eigenvalue weighted by atomic mass is 32.1. The summed E-state index contributed by atoms with van der Waals surface area (Å²) in [4.78, 5) is 8.20. The zero-order valence-corrected chi connectivity index (χ0v) is 15.3. The van der Waals surface area contributed by atoms with Gasteiger partial charge < -0.3 is 4.74 Å². The molecule has 0 amide bonds. The third-order valence-electron chi connectivity index (χ3n) is 3.87. The van der Waals surface area contributed by atoms with Crippen molar-refractivity contribution >= 4 is 45.3 Å². The fourth-order valence-corrected chi connectivity index (χ4v) is 6.99. The molecular weight excluding hydrogens is 360 g/mol. The van der Waals surface area contributed by atoms with Gasteiger partial charge in [-0.3, -0.25) is 0 Å². The molecule has 0 spiro atoms. The van der Waals surface area contributed by atoms with Crippen LogP contribution < -0.4 is 0 Å². The molecule has 5 rings (SSSR count). The molecule has 0 atom stereocenters. The van der Waals surface area contributed by atoms with E-state index in [0.717, 1.165) is 0 Å². The van der Waals surface area contributed by atoms with Gasteiger partial charge in [0.2, 0.25) is 0 Å². The molecule has 0 radical (unpaired) electrons. The highest BCUT2D eigenvalue weighted by Crippen LogP contribution is 2.48. The summed E-state index contributed by atoms with van der Waals surface area (Å²) in [7, 11) is 0. The highest BCUT2D eigenvalue weighted by Gasteiger charge is 2.22. The van der Waals surface area contributed by atoms with E-state index >= 15 is 0 Å². The van der Waals surface area contributed by atoms with Crippen molar-refractivity contribution in [1.29, 1.82) is 0 Å². The average Bonchev–Trinajstić information content (AvgIpc) is 3.34. The minimum atomic E-state index is 0.715. The molecule has 4 aromatic heterocycles. The van der Waals surface area contributed by atoms with Gasteiger partial charge in [0.05, 0.1) is 23.0 Å². The van der Waals surface area contributed by atoms with Crippen LogP contribution in [-0.4, -0.2) is 0 Å². The van der Waals surface area contributed by atoms with Crippen LogP contribution in [0.4, 0.5) is 0 Å². The largest absolute Gasteiger partial charge is 0.372 e. The molecule has 4 aromatic rings. The van der Waals surface area contributed by atoms with Crippen molar-refractivity contribution < 1.29 is 4.74 Å². The summed E-state index contributed by atoms with van der Waals surface area (Å²) in [5, 5.41) is 4.28. The molecule has 1 nitrogen and oxygen atoms in total. The Hall–Kier alpha value is -1.24. The zero-order valence-electron chi connectivity index (χ0n) is 12.1. The van der Waals surface area contributed by atoms with Crippen LogP contribution in [0.5, 0.6) is 0 Å². The summed E-state index contributed by atoms with van der Waals surface area (Å²) in [6.45, 7) is 1.43. The number of hydrogen-bond donors (Lipinski definition) is 0. The topological polar surface area (TPSA) is 9.23 Å². The minimum absolute atomic E-state index is 0.715. The van der Waals surface area contributed by atoms with Crippen LogP contribution in [-0.2, 0) is 18.0 Å². The molecule has 5 heteroatoms. The van der Waals surface area contributed by atoms with E-state index in [1.165, 1.54) is 40.4 Å². The van der Waals surface area contributed by atoms with Crippen LogP contribution in [0.3, 0.4) is 0 Å². The molecule has 0 unspecified atom stereocenters. The monoisotopic (exact) mass is 372 g/mol. The van der Waals surface area contributed by atoms with Gasteiger partial charge >= 0.3 is 0 Å². The lowest BCUT2D eigenvalue weighted by molar-refractivity contribution is 0.110. The third kappa shape index (κ3) is 2.44. The Labute approximate surface area is 150 Å². The summed E-state index contributed by atoms with van der Waals surface area (Å²) >= 11 is 7.42. The van der Waals surface area contributed by atoms with Crippen LogP contribution >= 0.6 is 45.3 Å². The molecule has 5 heterocycles.